The molecule has 12 nitrogen and oxygen atoms in total. The van der Waals surface area contributed by atoms with Crippen molar-refractivity contribution in [2.24, 2.45) is 13.0 Å². The molecule has 0 radical (unpaired) electrons. The van der Waals surface area contributed by atoms with Crippen molar-refractivity contribution in [3.05, 3.63) is 108 Å². The van der Waals surface area contributed by atoms with Crippen LogP contribution >= 0.6 is 0 Å². The van der Waals surface area contributed by atoms with E-state index in [-0.39, 0.29) is 23.4 Å². The van der Waals surface area contributed by atoms with Crippen molar-refractivity contribution in [1.82, 2.24) is 24.8 Å². The van der Waals surface area contributed by atoms with Crippen molar-refractivity contribution in [3.63, 3.8) is 0 Å². The molecule has 0 unspecified atom stereocenters. The van der Waals surface area contributed by atoms with Crippen LogP contribution in [0.3, 0.4) is 0 Å². The average molecular weight is 629 g/mol. The van der Waals surface area contributed by atoms with Crippen LogP contribution in [0.4, 0.5) is 21.9 Å². The highest BCUT2D eigenvalue weighted by Crippen LogP contribution is 2.37. The zero-order valence-electron chi connectivity index (χ0n) is 25.6. The largest absolute Gasteiger partial charge is 0.452 e. The van der Waals surface area contributed by atoms with Crippen molar-refractivity contribution < 1.29 is 19.1 Å². The lowest BCUT2D eigenvalue weighted by atomic mass is 9.95. The highest BCUT2D eigenvalue weighted by molar-refractivity contribution is 6.16. The fraction of sp³-hybridized carbons (Fsp3) is 0.200. The number of aryl methyl sites for hydroxylation is 1. The van der Waals surface area contributed by atoms with Gasteiger partial charge in [0.2, 0.25) is 11.7 Å². The fourth-order valence-electron chi connectivity index (χ4n) is 6.05. The van der Waals surface area contributed by atoms with Crippen LogP contribution in [0, 0.1) is 5.92 Å². The number of hydrogen-bond acceptors (Lipinski definition) is 8. The lowest BCUT2D eigenvalue weighted by molar-refractivity contribution is -0.125. The van der Waals surface area contributed by atoms with Crippen LogP contribution in [0.1, 0.15) is 34.3 Å². The number of pyridine rings is 3. The molecule has 4 aromatic heterocycles. The van der Waals surface area contributed by atoms with Crippen LogP contribution < -0.4 is 25.6 Å². The molecule has 0 spiro atoms. The molecule has 1 fully saturated rings. The van der Waals surface area contributed by atoms with Gasteiger partial charge >= 0.3 is 6.03 Å². The summed E-state index contributed by atoms with van der Waals surface area (Å²) >= 11 is 0. The number of anilines is 3. The highest BCUT2D eigenvalue weighted by atomic mass is 16.5. The molecule has 2 aliphatic rings. The second kappa shape index (κ2) is 12.8. The number of nitrogens with one attached hydrogen (secondary N) is 3. The van der Waals surface area contributed by atoms with Gasteiger partial charge in [-0.05, 0) is 73.0 Å². The van der Waals surface area contributed by atoms with Gasteiger partial charge < -0.3 is 30.2 Å². The second-order valence-corrected chi connectivity index (χ2v) is 11.5. The van der Waals surface area contributed by atoms with Crippen molar-refractivity contribution >= 4 is 51.9 Å². The molecule has 0 atom stereocenters. The van der Waals surface area contributed by atoms with Crippen molar-refractivity contribution in [1.29, 1.82) is 0 Å². The van der Waals surface area contributed by atoms with Gasteiger partial charge in [-0.3, -0.25) is 19.6 Å². The number of aromatic nitrogens is 4. The number of rotatable bonds is 7. The van der Waals surface area contributed by atoms with Crippen LogP contribution in [0.25, 0.3) is 17.1 Å². The van der Waals surface area contributed by atoms with Crippen LogP contribution in [0.2, 0.25) is 0 Å². The molecule has 2 aliphatic heterocycles. The molecule has 0 aliphatic carbocycles. The zero-order chi connectivity index (χ0) is 32.3. The number of Topliss-reactive ketones (excluding diaryl/α,β-unsaturated/α-hetero) is 1. The van der Waals surface area contributed by atoms with E-state index in [9.17, 15) is 14.4 Å². The first kappa shape index (κ1) is 29.7. The number of nitrogens with zero attached hydrogens (tertiary/aromatic N) is 5. The van der Waals surface area contributed by atoms with E-state index in [2.05, 4.69) is 35.8 Å². The van der Waals surface area contributed by atoms with Gasteiger partial charge in [-0.25, -0.2) is 9.78 Å². The number of allylic oxidation sites excluding steroid dienone is 1. The SMILES string of the molecule is Cn1cc(C=C2Oc3ccc(NC(=O)Nc4cccnc4)cc3C2=O)c2c(N3CCC(C(=O)NCc4ccncc4)CC3)ccnc21. The Bertz CT molecular complexity index is 2000. The van der Waals surface area contributed by atoms with E-state index >= 15 is 0 Å². The molecular weight excluding hydrogens is 596 g/mol. The van der Waals surface area contributed by atoms with Gasteiger partial charge in [0.25, 0.3) is 0 Å². The third-order valence-electron chi connectivity index (χ3n) is 8.42. The van der Waals surface area contributed by atoms with Crippen molar-refractivity contribution in [2.75, 3.05) is 28.6 Å². The van der Waals surface area contributed by atoms with E-state index in [4.69, 9.17) is 4.74 Å². The molecule has 1 aromatic carbocycles. The Labute approximate surface area is 270 Å². The quantitative estimate of drug-likeness (QED) is 0.210. The number of urea groups is 1. The van der Waals surface area contributed by atoms with Gasteiger partial charge in [-0.2, -0.15) is 0 Å². The summed E-state index contributed by atoms with van der Waals surface area (Å²) in [5, 5.41) is 9.43. The molecule has 0 bridgehead atoms. The summed E-state index contributed by atoms with van der Waals surface area (Å²) in [7, 11) is 1.92. The Balaban J connectivity index is 1.06. The molecule has 12 heteroatoms. The molecule has 7 rings (SSSR count). The standard InChI is InChI=1S/C35H32N8O4/c1-42-21-24(17-30-32(44)27-18-25(4-5-29(27)47-30)40-35(46)41-26-3-2-11-37-20-26)31-28(8-14-38-33(31)42)43-15-9-23(10-16-43)34(45)39-19-22-6-12-36-13-7-22/h2-8,11-14,17-18,20-21,23H,9-10,15-16,19H2,1H3,(H,39,45)(H2,40,41,46). The number of carbonyl (C=O) groups is 3. The molecule has 47 heavy (non-hydrogen) atoms. The van der Waals surface area contributed by atoms with Crippen molar-refractivity contribution in [2.45, 2.75) is 19.4 Å². The van der Waals surface area contributed by atoms with Gasteiger partial charge in [-0.15, -0.1) is 0 Å². The summed E-state index contributed by atoms with van der Waals surface area (Å²) in [6.45, 7) is 1.91. The monoisotopic (exact) mass is 628 g/mol. The summed E-state index contributed by atoms with van der Waals surface area (Å²) in [6.07, 6.45) is 13.5. The predicted octanol–water partition coefficient (Wildman–Crippen LogP) is 5.16. The van der Waals surface area contributed by atoms with E-state index in [1.54, 1.807) is 61.2 Å². The minimum absolute atomic E-state index is 0.0633. The minimum Gasteiger partial charge on any atom is -0.452 e. The van der Waals surface area contributed by atoms with E-state index in [0.29, 0.717) is 42.3 Å². The number of ketones is 1. The zero-order valence-corrected chi connectivity index (χ0v) is 25.6. The second-order valence-electron chi connectivity index (χ2n) is 11.5. The summed E-state index contributed by atoms with van der Waals surface area (Å²) in [4.78, 5) is 53.8. The van der Waals surface area contributed by atoms with Crippen LogP contribution in [-0.2, 0) is 18.4 Å². The number of benzene rings is 1. The summed E-state index contributed by atoms with van der Waals surface area (Å²) in [6, 6.07) is 13.7. The van der Waals surface area contributed by atoms with E-state index in [1.165, 1.54) is 6.20 Å². The number of hydrogen-bond donors (Lipinski definition) is 3. The summed E-state index contributed by atoms with van der Waals surface area (Å²) < 4.78 is 7.93. The topological polar surface area (TPSA) is 143 Å². The summed E-state index contributed by atoms with van der Waals surface area (Å²) in [5.41, 5.74) is 4.95. The van der Waals surface area contributed by atoms with Crippen molar-refractivity contribution in [3.8, 4) is 5.75 Å². The van der Waals surface area contributed by atoms with Gasteiger partial charge in [0.1, 0.15) is 11.4 Å². The van der Waals surface area contributed by atoms with Gasteiger partial charge in [0.05, 0.1) is 17.4 Å². The smallest absolute Gasteiger partial charge is 0.323 e. The Kier molecular flexibility index (Phi) is 8.05. The third kappa shape index (κ3) is 6.25. The van der Waals surface area contributed by atoms with Crippen LogP contribution in [0.15, 0.2) is 91.5 Å². The molecule has 1 saturated heterocycles. The van der Waals surface area contributed by atoms with E-state index in [1.807, 2.05) is 36.0 Å². The lowest BCUT2D eigenvalue weighted by Gasteiger charge is -2.33. The maximum Gasteiger partial charge on any atom is 0.323 e. The molecular formula is C35H32N8O4. The normalized spacial score (nSPS) is 15.4. The van der Waals surface area contributed by atoms with E-state index in [0.717, 1.165) is 40.7 Å². The maximum absolute atomic E-state index is 13.5. The Morgan fingerprint density at radius 3 is 2.57 bits per heavy atom. The number of ether oxygens (including phenoxy) is 1. The number of amides is 3. The first-order valence-electron chi connectivity index (χ1n) is 15.3. The number of carbonyl (C=O) groups excluding carboxylic acids is 3. The highest BCUT2D eigenvalue weighted by Gasteiger charge is 2.30. The molecule has 3 amide bonds. The van der Waals surface area contributed by atoms with Gasteiger partial charge in [0.15, 0.2) is 5.76 Å². The van der Waals surface area contributed by atoms with Gasteiger partial charge in [-0.1, -0.05) is 0 Å². The summed E-state index contributed by atoms with van der Waals surface area (Å²) in [5.74, 6) is 0.325. The molecule has 3 N–H and O–H groups in total. The van der Waals surface area contributed by atoms with Crippen LogP contribution in [0.5, 0.6) is 5.75 Å². The number of piperidine rings is 1. The maximum atomic E-state index is 13.5. The Morgan fingerprint density at radius 1 is 0.979 bits per heavy atom. The van der Waals surface area contributed by atoms with Gasteiger partial charge in [0, 0.05) is 85.9 Å². The lowest BCUT2D eigenvalue weighted by Crippen LogP contribution is -2.40. The number of fused-ring (bicyclic) bond motifs is 2. The molecule has 5 aromatic rings. The van der Waals surface area contributed by atoms with Crippen LogP contribution in [-0.4, -0.2) is 50.3 Å². The average Bonchev–Trinajstić information content (AvgIpc) is 3.59. The molecule has 6 heterocycles. The fourth-order valence-corrected chi connectivity index (χ4v) is 6.05. The first-order chi connectivity index (χ1) is 22.9. The van der Waals surface area contributed by atoms with E-state index < -0.39 is 6.03 Å². The first-order valence-corrected chi connectivity index (χ1v) is 15.3. The Morgan fingerprint density at radius 2 is 1.79 bits per heavy atom. The molecule has 0 saturated carbocycles. The molecule has 236 valence electrons. The third-order valence-corrected chi connectivity index (χ3v) is 8.42. The minimum atomic E-state index is -0.453. The predicted molar refractivity (Wildman–Crippen MR) is 178 cm³/mol. The Hall–Kier alpha value is -6.04.